The first-order valence-electron chi connectivity index (χ1n) is 6.98. The number of carboxylic acids is 1. The zero-order valence-electron chi connectivity index (χ0n) is 12.6. The molecule has 1 aromatic carbocycles. The summed E-state index contributed by atoms with van der Waals surface area (Å²) in [5.41, 5.74) is -2.35. The SMILES string of the molecule is CCCCC#Cc1ccc(C(C(F)(F)F)C(F)(F)F)c(C(=O)O)c1. The summed E-state index contributed by atoms with van der Waals surface area (Å²) in [6, 6.07) is 2.23. The number of carboxylic acid groups (broad SMARTS) is 1. The number of alkyl halides is 6. The molecule has 1 rings (SSSR count). The van der Waals surface area contributed by atoms with E-state index in [9.17, 15) is 31.1 Å². The molecule has 132 valence electrons. The molecule has 1 N–H and O–H groups in total. The van der Waals surface area contributed by atoms with Gasteiger partial charge in [-0.1, -0.05) is 31.3 Å². The number of carbonyl (C=O) groups is 1. The van der Waals surface area contributed by atoms with E-state index in [2.05, 4.69) is 11.8 Å². The van der Waals surface area contributed by atoms with Gasteiger partial charge in [-0.2, -0.15) is 26.3 Å². The monoisotopic (exact) mass is 352 g/mol. The molecule has 0 fully saturated rings. The van der Waals surface area contributed by atoms with Gasteiger partial charge in [0.2, 0.25) is 0 Å². The van der Waals surface area contributed by atoms with Crippen molar-refractivity contribution >= 4 is 5.97 Å². The Kier molecular flexibility index (Phi) is 6.29. The summed E-state index contributed by atoms with van der Waals surface area (Å²) in [5, 5.41) is 9.00. The first-order valence-corrected chi connectivity index (χ1v) is 6.98. The van der Waals surface area contributed by atoms with Crippen LogP contribution in [0.3, 0.4) is 0 Å². The standard InChI is InChI=1S/C16H14F6O2/c1-2-3-4-5-6-10-7-8-11(12(9-10)14(23)24)13(15(17,18)19)16(20,21)22/h7-9,13H,2-4H2,1H3,(H,23,24). The minimum Gasteiger partial charge on any atom is -0.478 e. The minimum absolute atomic E-state index is 0.0513. The van der Waals surface area contributed by atoms with Crippen molar-refractivity contribution in [3.8, 4) is 11.8 Å². The van der Waals surface area contributed by atoms with E-state index in [1.54, 1.807) is 0 Å². The molecule has 0 aliphatic heterocycles. The topological polar surface area (TPSA) is 37.3 Å². The zero-order chi connectivity index (χ0) is 18.5. The van der Waals surface area contributed by atoms with Gasteiger partial charge < -0.3 is 5.11 Å². The molecule has 0 atom stereocenters. The largest absolute Gasteiger partial charge is 0.478 e. The Morgan fingerprint density at radius 3 is 2.21 bits per heavy atom. The predicted octanol–water partition coefficient (Wildman–Crippen LogP) is 5.13. The molecule has 8 heteroatoms. The Hall–Kier alpha value is -2.17. The number of rotatable bonds is 4. The van der Waals surface area contributed by atoms with Crippen molar-refractivity contribution in [2.75, 3.05) is 0 Å². The van der Waals surface area contributed by atoms with Crippen LogP contribution in [0.5, 0.6) is 0 Å². The van der Waals surface area contributed by atoms with Crippen LogP contribution < -0.4 is 0 Å². The van der Waals surface area contributed by atoms with Crippen molar-refractivity contribution in [2.45, 2.75) is 44.5 Å². The summed E-state index contributed by atoms with van der Waals surface area (Å²) < 4.78 is 76.8. The second kappa shape index (κ2) is 7.60. The van der Waals surface area contributed by atoms with Crippen LogP contribution >= 0.6 is 0 Å². The molecular weight excluding hydrogens is 338 g/mol. The van der Waals surface area contributed by atoms with E-state index in [1.807, 2.05) is 6.92 Å². The van der Waals surface area contributed by atoms with Gasteiger partial charge in [0.25, 0.3) is 0 Å². The fourth-order valence-electron chi connectivity index (χ4n) is 2.04. The maximum atomic E-state index is 12.8. The van der Waals surface area contributed by atoms with E-state index in [0.717, 1.165) is 25.0 Å². The third kappa shape index (κ3) is 5.18. The van der Waals surface area contributed by atoms with E-state index in [4.69, 9.17) is 5.11 Å². The van der Waals surface area contributed by atoms with Crippen LogP contribution in [-0.4, -0.2) is 23.4 Å². The molecule has 1 aromatic rings. The average molecular weight is 352 g/mol. The van der Waals surface area contributed by atoms with Crippen molar-refractivity contribution in [1.29, 1.82) is 0 Å². The molecule has 0 amide bonds. The second-order valence-electron chi connectivity index (χ2n) is 5.03. The van der Waals surface area contributed by atoms with Crippen molar-refractivity contribution in [3.05, 3.63) is 34.9 Å². The Morgan fingerprint density at radius 2 is 1.75 bits per heavy atom. The lowest BCUT2D eigenvalue weighted by Gasteiger charge is -2.24. The first-order chi connectivity index (χ1) is 11.0. The summed E-state index contributed by atoms with van der Waals surface area (Å²) in [7, 11) is 0. The highest BCUT2D eigenvalue weighted by Crippen LogP contribution is 2.47. The van der Waals surface area contributed by atoms with Crippen LogP contribution in [-0.2, 0) is 0 Å². The Labute approximate surface area is 134 Å². The van der Waals surface area contributed by atoms with Crippen molar-refractivity contribution in [1.82, 2.24) is 0 Å². The highest BCUT2D eigenvalue weighted by atomic mass is 19.4. The first kappa shape index (κ1) is 19.9. The van der Waals surface area contributed by atoms with Gasteiger partial charge >= 0.3 is 18.3 Å². The van der Waals surface area contributed by atoms with Crippen LogP contribution in [0.2, 0.25) is 0 Å². The fraction of sp³-hybridized carbons (Fsp3) is 0.438. The van der Waals surface area contributed by atoms with E-state index in [1.165, 1.54) is 0 Å². The van der Waals surface area contributed by atoms with Gasteiger partial charge in [0.1, 0.15) is 0 Å². The van der Waals surface area contributed by atoms with Gasteiger partial charge in [0.15, 0.2) is 5.92 Å². The molecule has 0 saturated carbocycles. The predicted molar refractivity (Wildman–Crippen MR) is 74.7 cm³/mol. The van der Waals surface area contributed by atoms with Gasteiger partial charge in [-0.25, -0.2) is 4.79 Å². The number of benzene rings is 1. The quantitative estimate of drug-likeness (QED) is 0.463. The van der Waals surface area contributed by atoms with E-state index < -0.39 is 35.4 Å². The van der Waals surface area contributed by atoms with Crippen molar-refractivity contribution in [2.24, 2.45) is 0 Å². The molecule has 0 radical (unpaired) electrons. The lowest BCUT2D eigenvalue weighted by molar-refractivity contribution is -0.253. The number of hydrogen-bond acceptors (Lipinski definition) is 1. The molecule has 0 unspecified atom stereocenters. The average Bonchev–Trinajstić information content (AvgIpc) is 2.41. The van der Waals surface area contributed by atoms with Crippen LogP contribution in [0.4, 0.5) is 26.3 Å². The third-order valence-electron chi connectivity index (χ3n) is 3.14. The van der Waals surface area contributed by atoms with Crippen LogP contribution in [0, 0.1) is 11.8 Å². The Balaban J connectivity index is 3.37. The minimum atomic E-state index is -5.66. The third-order valence-corrected chi connectivity index (χ3v) is 3.14. The molecule has 0 spiro atoms. The Bertz CT molecular complexity index is 635. The lowest BCUT2D eigenvalue weighted by atomic mass is 9.91. The van der Waals surface area contributed by atoms with Crippen LogP contribution in [0.25, 0.3) is 0 Å². The normalized spacial score (nSPS) is 12.0. The van der Waals surface area contributed by atoms with Crippen LogP contribution in [0.1, 0.15) is 53.6 Å². The second-order valence-corrected chi connectivity index (χ2v) is 5.03. The lowest BCUT2D eigenvalue weighted by Crippen LogP contribution is -2.35. The molecule has 0 aliphatic carbocycles. The summed E-state index contributed by atoms with van der Waals surface area (Å²) in [6.45, 7) is 1.92. The molecule has 24 heavy (non-hydrogen) atoms. The van der Waals surface area contributed by atoms with Crippen molar-refractivity contribution in [3.63, 3.8) is 0 Å². The van der Waals surface area contributed by atoms with E-state index >= 15 is 0 Å². The molecule has 0 aromatic heterocycles. The summed E-state index contributed by atoms with van der Waals surface area (Å²) in [5.74, 6) is -0.504. The molecule has 0 heterocycles. The molecule has 0 saturated heterocycles. The van der Waals surface area contributed by atoms with Gasteiger partial charge in [0, 0.05) is 12.0 Å². The fourth-order valence-corrected chi connectivity index (χ4v) is 2.04. The maximum absolute atomic E-state index is 12.8. The summed E-state index contributed by atoms with van der Waals surface area (Å²) in [4.78, 5) is 11.1. The van der Waals surface area contributed by atoms with Crippen molar-refractivity contribution < 1.29 is 36.2 Å². The Morgan fingerprint density at radius 1 is 1.17 bits per heavy atom. The number of hydrogen-bond donors (Lipinski definition) is 1. The molecule has 0 bridgehead atoms. The highest BCUT2D eigenvalue weighted by Gasteiger charge is 2.58. The highest BCUT2D eigenvalue weighted by molar-refractivity contribution is 5.90. The summed E-state index contributed by atoms with van der Waals surface area (Å²) in [6.07, 6.45) is -9.17. The van der Waals surface area contributed by atoms with Gasteiger partial charge in [0.05, 0.1) is 5.56 Å². The number of unbranched alkanes of at least 4 members (excludes halogenated alkanes) is 2. The zero-order valence-corrected chi connectivity index (χ0v) is 12.6. The van der Waals surface area contributed by atoms with Gasteiger partial charge in [-0.05, 0) is 24.1 Å². The number of halogens is 6. The van der Waals surface area contributed by atoms with E-state index in [-0.39, 0.29) is 5.56 Å². The summed E-state index contributed by atoms with van der Waals surface area (Å²) >= 11 is 0. The molecular formula is C16H14F6O2. The van der Waals surface area contributed by atoms with Crippen LogP contribution in [0.15, 0.2) is 18.2 Å². The van der Waals surface area contributed by atoms with Gasteiger partial charge in [-0.3, -0.25) is 0 Å². The van der Waals surface area contributed by atoms with Gasteiger partial charge in [-0.15, -0.1) is 0 Å². The molecule has 2 nitrogen and oxygen atoms in total. The maximum Gasteiger partial charge on any atom is 0.404 e. The molecule has 0 aliphatic rings. The number of aromatic carboxylic acids is 1. The smallest absolute Gasteiger partial charge is 0.404 e. The van der Waals surface area contributed by atoms with E-state index in [0.29, 0.717) is 12.5 Å².